The van der Waals surface area contributed by atoms with Gasteiger partial charge in [0.1, 0.15) is 6.33 Å². The molecular formula is C7H6N4O2. The van der Waals surface area contributed by atoms with E-state index < -0.39 is 12.2 Å². The van der Waals surface area contributed by atoms with E-state index in [2.05, 4.69) is 15.0 Å². The number of hydrogen-bond acceptors (Lipinski definition) is 5. The molecule has 0 spiro atoms. The number of carbonyl (C=O) groups excluding carboxylic acids is 1. The molecule has 0 saturated heterocycles. The van der Waals surface area contributed by atoms with E-state index in [0.717, 1.165) is 0 Å². The largest absolute Gasteiger partial charge is 0.436 e. The van der Waals surface area contributed by atoms with Gasteiger partial charge >= 0.3 is 6.09 Å². The monoisotopic (exact) mass is 178 g/mol. The zero-order chi connectivity index (χ0) is 9.26. The van der Waals surface area contributed by atoms with Crippen molar-refractivity contribution < 1.29 is 9.53 Å². The molecule has 66 valence electrons. The molecule has 1 amide bonds. The van der Waals surface area contributed by atoms with E-state index in [0.29, 0.717) is 5.56 Å². The summed E-state index contributed by atoms with van der Waals surface area (Å²) in [7, 11) is 0. The second-order valence-electron chi connectivity index (χ2n) is 2.47. The van der Waals surface area contributed by atoms with Crippen LogP contribution >= 0.6 is 0 Å². The minimum Gasteiger partial charge on any atom is -0.431 e. The molecule has 1 atom stereocenters. The number of ether oxygens (including phenoxy) is 1. The Morgan fingerprint density at radius 1 is 1.38 bits per heavy atom. The number of amidine groups is 1. The molecular weight excluding hydrogens is 172 g/mol. The maximum absolute atomic E-state index is 10.7. The van der Waals surface area contributed by atoms with Gasteiger partial charge < -0.3 is 10.5 Å². The summed E-state index contributed by atoms with van der Waals surface area (Å²) in [6, 6.07) is 0. The molecule has 0 bridgehead atoms. The van der Waals surface area contributed by atoms with Crippen molar-refractivity contribution in [2.75, 3.05) is 0 Å². The first kappa shape index (κ1) is 7.66. The highest BCUT2D eigenvalue weighted by molar-refractivity contribution is 5.99. The van der Waals surface area contributed by atoms with Gasteiger partial charge in [0, 0.05) is 18.0 Å². The van der Waals surface area contributed by atoms with E-state index in [1.54, 1.807) is 0 Å². The fourth-order valence-electron chi connectivity index (χ4n) is 1.04. The molecule has 6 heteroatoms. The van der Waals surface area contributed by atoms with Crippen LogP contribution in [0.5, 0.6) is 0 Å². The van der Waals surface area contributed by atoms with Crippen LogP contribution < -0.4 is 5.73 Å². The molecule has 0 aromatic carbocycles. The average Bonchev–Trinajstić information content (AvgIpc) is 2.47. The van der Waals surface area contributed by atoms with Crippen LogP contribution in [0.25, 0.3) is 0 Å². The highest BCUT2D eigenvalue weighted by Gasteiger charge is 2.27. The molecule has 1 aromatic rings. The Morgan fingerprint density at radius 2 is 2.08 bits per heavy atom. The quantitative estimate of drug-likeness (QED) is 0.654. The van der Waals surface area contributed by atoms with Gasteiger partial charge in [-0.15, -0.1) is 0 Å². The Hall–Kier alpha value is -1.98. The number of carbonyl (C=O) groups is 1. The van der Waals surface area contributed by atoms with Crippen LogP contribution in [0.15, 0.2) is 23.7 Å². The van der Waals surface area contributed by atoms with Crippen molar-refractivity contribution in [2.24, 2.45) is 10.7 Å². The predicted molar refractivity (Wildman–Crippen MR) is 42.9 cm³/mol. The summed E-state index contributed by atoms with van der Waals surface area (Å²) >= 11 is 0. The molecule has 1 aromatic heterocycles. The Kier molecular flexibility index (Phi) is 1.66. The molecule has 2 N–H and O–H groups in total. The van der Waals surface area contributed by atoms with Crippen LogP contribution in [0.1, 0.15) is 11.7 Å². The van der Waals surface area contributed by atoms with E-state index in [1.807, 2.05) is 0 Å². The Balaban J connectivity index is 2.30. The van der Waals surface area contributed by atoms with Crippen molar-refractivity contribution >= 4 is 11.9 Å². The van der Waals surface area contributed by atoms with Crippen LogP contribution in [0.2, 0.25) is 0 Å². The van der Waals surface area contributed by atoms with Crippen molar-refractivity contribution in [1.82, 2.24) is 9.97 Å². The fourth-order valence-corrected chi connectivity index (χ4v) is 1.04. The van der Waals surface area contributed by atoms with Gasteiger partial charge in [0.25, 0.3) is 0 Å². The number of aromatic nitrogens is 2. The number of nitrogens with two attached hydrogens (primary N) is 1. The summed E-state index contributed by atoms with van der Waals surface area (Å²) in [6.07, 6.45) is 3.13. The van der Waals surface area contributed by atoms with Crippen molar-refractivity contribution in [3.05, 3.63) is 24.3 Å². The molecule has 0 saturated carbocycles. The van der Waals surface area contributed by atoms with Crippen LogP contribution in [-0.2, 0) is 4.74 Å². The van der Waals surface area contributed by atoms with Crippen molar-refractivity contribution in [3.63, 3.8) is 0 Å². The standard InChI is InChI=1S/C7H6N4O2/c8-6-5(13-7(12)11-6)4-1-9-3-10-2-4/h1-3,5H,(H2,8,11,12). The molecule has 0 radical (unpaired) electrons. The number of aliphatic imine (C=N–C) groups is 1. The fraction of sp³-hybridized carbons (Fsp3) is 0.143. The summed E-state index contributed by atoms with van der Waals surface area (Å²) in [5, 5.41) is 0. The van der Waals surface area contributed by atoms with E-state index in [4.69, 9.17) is 10.5 Å². The highest BCUT2D eigenvalue weighted by atomic mass is 16.6. The first-order chi connectivity index (χ1) is 6.27. The van der Waals surface area contributed by atoms with Crippen LogP contribution in [0.4, 0.5) is 4.79 Å². The van der Waals surface area contributed by atoms with Crippen molar-refractivity contribution in [2.45, 2.75) is 6.10 Å². The predicted octanol–water partition coefficient (Wildman–Crippen LogP) is 0.0251. The van der Waals surface area contributed by atoms with Crippen molar-refractivity contribution in [3.8, 4) is 0 Å². The lowest BCUT2D eigenvalue weighted by Crippen LogP contribution is -2.19. The Labute approximate surface area is 73.5 Å². The van der Waals surface area contributed by atoms with Gasteiger partial charge in [-0.2, -0.15) is 4.99 Å². The second-order valence-corrected chi connectivity index (χ2v) is 2.47. The van der Waals surface area contributed by atoms with Gasteiger partial charge in [-0.3, -0.25) is 0 Å². The molecule has 13 heavy (non-hydrogen) atoms. The van der Waals surface area contributed by atoms with E-state index in [9.17, 15) is 4.79 Å². The molecule has 1 unspecified atom stereocenters. The Bertz CT molecular complexity index is 362. The number of amides is 1. The van der Waals surface area contributed by atoms with Gasteiger partial charge in [-0.1, -0.05) is 0 Å². The molecule has 2 heterocycles. The normalized spacial score (nSPS) is 21.1. The summed E-state index contributed by atoms with van der Waals surface area (Å²) in [5.41, 5.74) is 6.07. The maximum Gasteiger partial charge on any atom is 0.436 e. The molecule has 6 nitrogen and oxygen atoms in total. The lowest BCUT2D eigenvalue weighted by Gasteiger charge is -2.07. The molecule has 0 fully saturated rings. The Morgan fingerprint density at radius 3 is 2.62 bits per heavy atom. The van der Waals surface area contributed by atoms with Crippen molar-refractivity contribution in [1.29, 1.82) is 0 Å². The van der Waals surface area contributed by atoms with Crippen LogP contribution in [0.3, 0.4) is 0 Å². The van der Waals surface area contributed by atoms with Crippen LogP contribution in [-0.4, -0.2) is 21.9 Å². The molecule has 0 aliphatic carbocycles. The number of cyclic esters (lactones) is 1. The topological polar surface area (TPSA) is 90.5 Å². The first-order valence-electron chi connectivity index (χ1n) is 3.57. The first-order valence-corrected chi connectivity index (χ1v) is 3.57. The zero-order valence-electron chi connectivity index (χ0n) is 6.54. The maximum atomic E-state index is 10.7. The summed E-state index contributed by atoms with van der Waals surface area (Å²) in [6.45, 7) is 0. The zero-order valence-corrected chi connectivity index (χ0v) is 6.54. The average molecular weight is 178 g/mol. The van der Waals surface area contributed by atoms with Gasteiger partial charge in [-0.25, -0.2) is 14.8 Å². The minimum absolute atomic E-state index is 0.139. The smallest absolute Gasteiger partial charge is 0.431 e. The van der Waals surface area contributed by atoms with Gasteiger partial charge in [0.15, 0.2) is 11.9 Å². The summed E-state index contributed by atoms with van der Waals surface area (Å²) in [4.78, 5) is 21.7. The lowest BCUT2D eigenvalue weighted by atomic mass is 10.2. The third kappa shape index (κ3) is 1.33. The SMILES string of the molecule is NC1=NC(=O)OC1c1cncnc1. The number of nitrogens with zero attached hydrogens (tertiary/aromatic N) is 3. The second kappa shape index (κ2) is 2.81. The number of rotatable bonds is 1. The molecule has 1 aliphatic heterocycles. The lowest BCUT2D eigenvalue weighted by molar-refractivity contribution is 0.148. The van der Waals surface area contributed by atoms with Crippen LogP contribution in [0, 0.1) is 0 Å². The van der Waals surface area contributed by atoms with Gasteiger partial charge in [-0.05, 0) is 0 Å². The number of hydrogen-bond donors (Lipinski definition) is 1. The highest BCUT2D eigenvalue weighted by Crippen LogP contribution is 2.20. The van der Waals surface area contributed by atoms with E-state index in [-0.39, 0.29) is 5.84 Å². The van der Waals surface area contributed by atoms with E-state index in [1.165, 1.54) is 18.7 Å². The summed E-state index contributed by atoms with van der Waals surface area (Å²) < 4.78 is 4.81. The molecule has 2 rings (SSSR count). The summed E-state index contributed by atoms with van der Waals surface area (Å²) in [5.74, 6) is 0.139. The molecule has 1 aliphatic rings. The third-order valence-electron chi connectivity index (χ3n) is 1.59. The van der Waals surface area contributed by atoms with Gasteiger partial charge in [0.2, 0.25) is 0 Å². The van der Waals surface area contributed by atoms with E-state index >= 15 is 0 Å². The van der Waals surface area contributed by atoms with Gasteiger partial charge in [0.05, 0.1) is 0 Å². The third-order valence-corrected chi connectivity index (χ3v) is 1.59. The minimum atomic E-state index is -0.675.